The molecule has 2 heterocycles. The average molecular weight is 308 g/mol. The Hall–Kier alpha value is -1.66. The van der Waals surface area contributed by atoms with Crippen molar-refractivity contribution >= 4 is 5.97 Å². The van der Waals surface area contributed by atoms with Crippen LogP contribution in [0.1, 0.15) is 30.1 Å². The minimum Gasteiger partial charge on any atom is -0.457 e. The third kappa shape index (κ3) is 4.42. The van der Waals surface area contributed by atoms with Crippen LogP contribution in [0.15, 0.2) is 23.1 Å². The lowest BCUT2D eigenvalue weighted by Crippen LogP contribution is -2.40. The van der Waals surface area contributed by atoms with Crippen molar-refractivity contribution in [2.45, 2.75) is 32.4 Å². The molecule has 2 rings (SSSR count). The van der Waals surface area contributed by atoms with Gasteiger partial charge in [0.15, 0.2) is 0 Å². The molecule has 6 nitrogen and oxygen atoms in total. The first kappa shape index (κ1) is 16.7. The van der Waals surface area contributed by atoms with Crippen LogP contribution in [0.2, 0.25) is 0 Å². The molecule has 0 spiro atoms. The second-order valence-electron chi connectivity index (χ2n) is 5.50. The van der Waals surface area contributed by atoms with E-state index in [0.29, 0.717) is 18.7 Å². The number of methoxy groups -OCH3 is 1. The summed E-state index contributed by atoms with van der Waals surface area (Å²) in [7, 11) is 1.58. The summed E-state index contributed by atoms with van der Waals surface area (Å²) in [5.41, 5.74) is 0.257. The maximum atomic E-state index is 12.3. The van der Waals surface area contributed by atoms with Crippen molar-refractivity contribution in [3.05, 3.63) is 34.2 Å². The Balaban J connectivity index is 2.01. The Bertz CT molecular complexity index is 555. The van der Waals surface area contributed by atoms with Crippen molar-refractivity contribution in [2.24, 2.45) is 0 Å². The number of hydrogen-bond acceptors (Lipinski definition) is 5. The number of ether oxygens (including phenoxy) is 2. The topological polar surface area (TPSA) is 60.8 Å². The van der Waals surface area contributed by atoms with Gasteiger partial charge < -0.3 is 14.0 Å². The number of likely N-dealkylation sites (N-methyl/N-ethyl adjacent to an activating group) is 1. The van der Waals surface area contributed by atoms with E-state index in [9.17, 15) is 9.59 Å². The van der Waals surface area contributed by atoms with E-state index in [4.69, 9.17) is 9.47 Å². The molecular formula is C16H24N2O4. The van der Waals surface area contributed by atoms with E-state index in [-0.39, 0.29) is 17.6 Å². The van der Waals surface area contributed by atoms with E-state index in [0.717, 1.165) is 32.5 Å². The van der Waals surface area contributed by atoms with Crippen LogP contribution in [0.25, 0.3) is 0 Å². The zero-order valence-electron chi connectivity index (χ0n) is 13.3. The highest BCUT2D eigenvalue weighted by molar-refractivity contribution is 5.89. The number of carbonyl (C=O) groups is 1. The van der Waals surface area contributed by atoms with E-state index in [1.54, 1.807) is 13.3 Å². The Morgan fingerprint density at radius 2 is 2.23 bits per heavy atom. The maximum absolute atomic E-state index is 12.3. The molecule has 0 radical (unpaired) electrons. The highest BCUT2D eigenvalue weighted by Gasteiger charge is 2.22. The van der Waals surface area contributed by atoms with Crippen molar-refractivity contribution in [3.8, 4) is 0 Å². The molecule has 6 heteroatoms. The normalized spacial score (nSPS) is 19.1. The Morgan fingerprint density at radius 1 is 1.41 bits per heavy atom. The van der Waals surface area contributed by atoms with Gasteiger partial charge in [0.25, 0.3) is 5.56 Å². The number of aromatic nitrogens is 1. The SMILES string of the molecule is CCN1CCCC(OC(=O)c2ccc(=O)n(CCOC)c2)C1. The van der Waals surface area contributed by atoms with Gasteiger partial charge in [-0.3, -0.25) is 9.69 Å². The van der Waals surface area contributed by atoms with E-state index in [1.165, 1.54) is 16.7 Å². The van der Waals surface area contributed by atoms with Crippen LogP contribution in [0.5, 0.6) is 0 Å². The highest BCUT2D eigenvalue weighted by Crippen LogP contribution is 2.14. The first-order valence-electron chi connectivity index (χ1n) is 7.76. The molecule has 0 amide bonds. The van der Waals surface area contributed by atoms with Gasteiger partial charge in [-0.2, -0.15) is 0 Å². The molecule has 1 saturated heterocycles. The number of nitrogens with zero attached hydrogens (tertiary/aromatic N) is 2. The smallest absolute Gasteiger partial charge is 0.339 e. The fourth-order valence-electron chi connectivity index (χ4n) is 2.63. The minimum atomic E-state index is -0.367. The van der Waals surface area contributed by atoms with Crippen LogP contribution >= 0.6 is 0 Å². The fourth-order valence-corrected chi connectivity index (χ4v) is 2.63. The third-order valence-electron chi connectivity index (χ3n) is 3.94. The molecule has 1 aromatic rings. The summed E-state index contributed by atoms with van der Waals surface area (Å²) in [6, 6.07) is 2.92. The van der Waals surface area contributed by atoms with Crippen LogP contribution in [-0.2, 0) is 16.0 Å². The zero-order chi connectivity index (χ0) is 15.9. The Labute approximate surface area is 130 Å². The lowest BCUT2D eigenvalue weighted by Gasteiger charge is -2.31. The van der Waals surface area contributed by atoms with Crippen molar-refractivity contribution in [2.75, 3.05) is 33.4 Å². The van der Waals surface area contributed by atoms with Crippen LogP contribution in [-0.4, -0.2) is 54.9 Å². The predicted molar refractivity (Wildman–Crippen MR) is 83.1 cm³/mol. The van der Waals surface area contributed by atoms with Crippen molar-refractivity contribution in [1.82, 2.24) is 9.47 Å². The van der Waals surface area contributed by atoms with Gasteiger partial charge in [-0.1, -0.05) is 6.92 Å². The second-order valence-corrected chi connectivity index (χ2v) is 5.50. The Morgan fingerprint density at radius 3 is 2.95 bits per heavy atom. The zero-order valence-corrected chi connectivity index (χ0v) is 13.3. The number of likely N-dealkylation sites (tertiary alicyclic amines) is 1. The minimum absolute atomic E-state index is 0.0689. The first-order chi connectivity index (χ1) is 10.6. The van der Waals surface area contributed by atoms with Gasteiger partial charge in [0.05, 0.1) is 12.2 Å². The van der Waals surface area contributed by atoms with Crippen LogP contribution in [0.3, 0.4) is 0 Å². The summed E-state index contributed by atoms with van der Waals surface area (Å²) in [6.07, 6.45) is 3.41. The highest BCUT2D eigenvalue weighted by atomic mass is 16.5. The van der Waals surface area contributed by atoms with Crippen LogP contribution in [0.4, 0.5) is 0 Å². The molecule has 0 aliphatic carbocycles. The van der Waals surface area contributed by atoms with Gasteiger partial charge in [0, 0.05) is 32.5 Å². The summed E-state index contributed by atoms with van der Waals surface area (Å²) in [5.74, 6) is -0.367. The lowest BCUT2D eigenvalue weighted by molar-refractivity contribution is 0.00763. The van der Waals surface area contributed by atoms with Gasteiger partial charge in [0.2, 0.25) is 0 Å². The van der Waals surface area contributed by atoms with Crippen LogP contribution < -0.4 is 5.56 Å². The molecule has 1 fully saturated rings. The molecule has 1 unspecified atom stereocenters. The summed E-state index contributed by atoms with van der Waals surface area (Å²) in [5, 5.41) is 0. The number of esters is 1. The third-order valence-corrected chi connectivity index (χ3v) is 3.94. The summed E-state index contributed by atoms with van der Waals surface area (Å²) < 4.78 is 12.0. The molecule has 1 aliphatic heterocycles. The Kier molecular flexibility index (Phi) is 6.15. The summed E-state index contributed by atoms with van der Waals surface area (Å²) in [4.78, 5) is 26.3. The molecule has 22 heavy (non-hydrogen) atoms. The molecule has 1 atom stereocenters. The molecule has 0 N–H and O–H groups in total. The fraction of sp³-hybridized carbons (Fsp3) is 0.625. The molecule has 1 aromatic heterocycles. The van der Waals surface area contributed by atoms with Gasteiger partial charge in [-0.25, -0.2) is 4.79 Å². The van der Waals surface area contributed by atoms with Gasteiger partial charge in [-0.15, -0.1) is 0 Å². The largest absolute Gasteiger partial charge is 0.457 e. The van der Waals surface area contributed by atoms with Gasteiger partial charge in [-0.05, 0) is 32.0 Å². The van der Waals surface area contributed by atoms with Gasteiger partial charge in [0.1, 0.15) is 6.10 Å². The maximum Gasteiger partial charge on any atom is 0.339 e. The lowest BCUT2D eigenvalue weighted by atomic mass is 10.1. The van der Waals surface area contributed by atoms with Crippen LogP contribution in [0, 0.1) is 0 Å². The van der Waals surface area contributed by atoms with Crippen molar-refractivity contribution < 1.29 is 14.3 Å². The standard InChI is InChI=1S/C16H24N2O4/c1-3-17-8-4-5-14(12-17)22-16(20)13-6-7-15(19)18(11-13)9-10-21-2/h6-7,11,14H,3-5,8-10,12H2,1-2H3. The molecule has 0 aromatic carbocycles. The molecule has 122 valence electrons. The van der Waals surface area contributed by atoms with E-state index >= 15 is 0 Å². The van der Waals surface area contributed by atoms with Gasteiger partial charge >= 0.3 is 5.97 Å². The molecule has 0 bridgehead atoms. The number of carbonyl (C=O) groups excluding carboxylic acids is 1. The first-order valence-corrected chi connectivity index (χ1v) is 7.76. The molecule has 0 saturated carbocycles. The van der Waals surface area contributed by atoms with E-state index in [2.05, 4.69) is 11.8 Å². The molecule has 1 aliphatic rings. The number of hydrogen-bond donors (Lipinski definition) is 0. The average Bonchev–Trinajstić information content (AvgIpc) is 2.54. The summed E-state index contributed by atoms with van der Waals surface area (Å²) >= 11 is 0. The number of rotatable bonds is 6. The quantitative estimate of drug-likeness (QED) is 0.738. The van der Waals surface area contributed by atoms with E-state index < -0.39 is 0 Å². The monoisotopic (exact) mass is 308 g/mol. The van der Waals surface area contributed by atoms with E-state index in [1.807, 2.05) is 0 Å². The number of pyridine rings is 1. The van der Waals surface area contributed by atoms with Crippen molar-refractivity contribution in [3.63, 3.8) is 0 Å². The number of piperidine rings is 1. The van der Waals surface area contributed by atoms with Crippen molar-refractivity contribution in [1.29, 1.82) is 0 Å². The molecular weight excluding hydrogens is 284 g/mol. The predicted octanol–water partition coefficient (Wildman–Crippen LogP) is 1.14. The summed E-state index contributed by atoms with van der Waals surface area (Å²) in [6.45, 7) is 5.76. The second kappa shape index (κ2) is 8.10.